The van der Waals surface area contributed by atoms with Crippen molar-refractivity contribution in [2.75, 3.05) is 0 Å². The van der Waals surface area contributed by atoms with Crippen molar-refractivity contribution in [2.24, 2.45) is 11.8 Å². The van der Waals surface area contributed by atoms with Crippen molar-refractivity contribution in [2.45, 2.75) is 97.3 Å². The molecule has 0 radical (unpaired) electrons. The monoisotopic (exact) mass is 428 g/mol. The molecule has 0 amide bonds. The first-order valence-corrected chi connectivity index (χ1v) is 12.4. The summed E-state index contributed by atoms with van der Waals surface area (Å²) in [4.78, 5) is 0. The highest BCUT2D eigenvalue weighted by atomic mass is 19.2. The number of aromatic nitrogens is 2. The van der Waals surface area contributed by atoms with Gasteiger partial charge in [0.1, 0.15) is 0 Å². The lowest BCUT2D eigenvalue weighted by atomic mass is 9.77. The summed E-state index contributed by atoms with van der Waals surface area (Å²) in [6.07, 6.45) is 15.0. The molecule has 3 rings (SSSR count). The maximum absolute atomic E-state index is 14.8. The number of hydrogen-bond donors (Lipinski definition) is 0. The molecule has 170 valence electrons. The van der Waals surface area contributed by atoms with Gasteiger partial charge in [-0.3, -0.25) is 0 Å². The summed E-state index contributed by atoms with van der Waals surface area (Å²) in [6, 6.07) is 7.00. The molecule has 1 aliphatic rings. The zero-order valence-corrected chi connectivity index (χ0v) is 19.3. The van der Waals surface area contributed by atoms with Crippen LogP contribution in [0.5, 0.6) is 0 Å². The maximum atomic E-state index is 14.8. The van der Waals surface area contributed by atoms with E-state index in [1.54, 1.807) is 18.2 Å². The van der Waals surface area contributed by atoms with Crippen LogP contribution in [0.4, 0.5) is 8.78 Å². The molecule has 0 atom stereocenters. The third kappa shape index (κ3) is 6.82. The Labute approximate surface area is 186 Å². The number of benzene rings is 1. The van der Waals surface area contributed by atoms with E-state index in [0.29, 0.717) is 23.6 Å². The highest BCUT2D eigenvalue weighted by Gasteiger charge is 2.22. The van der Waals surface area contributed by atoms with Gasteiger partial charge in [-0.2, -0.15) is 10.2 Å². The van der Waals surface area contributed by atoms with Crippen molar-refractivity contribution in [1.29, 1.82) is 0 Å². The van der Waals surface area contributed by atoms with Gasteiger partial charge in [0, 0.05) is 5.56 Å². The van der Waals surface area contributed by atoms with Gasteiger partial charge in [0.05, 0.1) is 11.4 Å². The molecule has 1 saturated carbocycles. The Morgan fingerprint density at radius 3 is 2.10 bits per heavy atom. The average molecular weight is 429 g/mol. The van der Waals surface area contributed by atoms with Gasteiger partial charge in [0.2, 0.25) is 0 Å². The molecule has 0 saturated heterocycles. The molecule has 0 spiro atoms. The first-order valence-electron chi connectivity index (χ1n) is 12.4. The van der Waals surface area contributed by atoms with Crippen LogP contribution in [0.25, 0.3) is 11.3 Å². The van der Waals surface area contributed by atoms with Crippen LogP contribution in [-0.4, -0.2) is 10.2 Å². The summed E-state index contributed by atoms with van der Waals surface area (Å²) in [5.41, 5.74) is 1.97. The van der Waals surface area contributed by atoms with E-state index in [2.05, 4.69) is 24.0 Å². The second-order valence-electron chi connectivity index (χ2n) is 9.33. The zero-order valence-electron chi connectivity index (χ0n) is 19.3. The SMILES string of the molecule is CCCCC[C@H]1CC[C@H](CCc2ccc(-c3ccc(CCCC)nn3)c(F)c2F)CC1. The smallest absolute Gasteiger partial charge is 0.168 e. The Kier molecular flexibility index (Phi) is 9.42. The lowest BCUT2D eigenvalue weighted by Crippen LogP contribution is -2.15. The molecule has 1 heterocycles. The van der Waals surface area contributed by atoms with Crippen molar-refractivity contribution in [3.8, 4) is 11.3 Å². The van der Waals surface area contributed by atoms with Gasteiger partial charge in [-0.15, -0.1) is 0 Å². The van der Waals surface area contributed by atoms with Crippen LogP contribution in [0.3, 0.4) is 0 Å². The number of halogens is 2. The van der Waals surface area contributed by atoms with E-state index in [1.807, 2.05) is 6.07 Å². The maximum Gasteiger partial charge on any atom is 0.168 e. The minimum absolute atomic E-state index is 0.198. The molecule has 1 aromatic heterocycles. The van der Waals surface area contributed by atoms with Crippen molar-refractivity contribution < 1.29 is 8.78 Å². The largest absolute Gasteiger partial charge is 0.203 e. The molecule has 2 nitrogen and oxygen atoms in total. The second-order valence-corrected chi connectivity index (χ2v) is 9.33. The molecular weight excluding hydrogens is 390 g/mol. The van der Waals surface area contributed by atoms with Crippen molar-refractivity contribution in [1.82, 2.24) is 10.2 Å². The molecule has 1 fully saturated rings. The summed E-state index contributed by atoms with van der Waals surface area (Å²) in [7, 11) is 0. The summed E-state index contributed by atoms with van der Waals surface area (Å²) >= 11 is 0. The van der Waals surface area contributed by atoms with E-state index in [-0.39, 0.29) is 5.56 Å². The number of hydrogen-bond acceptors (Lipinski definition) is 2. The Hall–Kier alpha value is -1.84. The molecule has 2 aromatic rings. The van der Waals surface area contributed by atoms with E-state index in [4.69, 9.17) is 0 Å². The number of aryl methyl sites for hydroxylation is 2. The van der Waals surface area contributed by atoms with Crippen LogP contribution in [0.15, 0.2) is 24.3 Å². The summed E-state index contributed by atoms with van der Waals surface area (Å²) in [6.45, 7) is 4.38. The molecule has 1 aliphatic carbocycles. The number of rotatable bonds is 11. The highest BCUT2D eigenvalue weighted by Crippen LogP contribution is 2.35. The van der Waals surface area contributed by atoms with E-state index in [9.17, 15) is 8.78 Å². The third-order valence-electron chi connectivity index (χ3n) is 6.95. The molecule has 0 bridgehead atoms. The van der Waals surface area contributed by atoms with Crippen molar-refractivity contribution >= 4 is 0 Å². The molecule has 4 heteroatoms. The van der Waals surface area contributed by atoms with Gasteiger partial charge in [-0.1, -0.05) is 77.7 Å². The van der Waals surface area contributed by atoms with Crippen LogP contribution in [0.2, 0.25) is 0 Å². The summed E-state index contributed by atoms with van der Waals surface area (Å²) in [5.74, 6) is 0.00665. The number of unbranched alkanes of at least 4 members (excludes halogenated alkanes) is 3. The molecule has 31 heavy (non-hydrogen) atoms. The molecular formula is C27H38F2N2. The standard InChI is InChI=1S/C27H38F2N2/c1-3-5-7-8-20-10-12-21(13-11-20)14-15-22-16-18-24(27(29)26(22)28)25-19-17-23(30-31-25)9-6-4-2/h16-21H,3-15H2,1-2H3/t20-,21-. The summed E-state index contributed by atoms with van der Waals surface area (Å²) in [5, 5.41) is 8.30. The van der Waals surface area contributed by atoms with Crippen LogP contribution in [0, 0.1) is 23.5 Å². The zero-order chi connectivity index (χ0) is 22.1. The van der Waals surface area contributed by atoms with Crippen molar-refractivity contribution in [3.63, 3.8) is 0 Å². The number of nitrogens with zero attached hydrogens (tertiary/aromatic N) is 2. The fourth-order valence-electron chi connectivity index (χ4n) is 4.83. The molecule has 0 unspecified atom stereocenters. The first-order chi connectivity index (χ1) is 15.1. The van der Waals surface area contributed by atoms with E-state index in [0.717, 1.165) is 37.3 Å². The van der Waals surface area contributed by atoms with Crippen LogP contribution in [0.1, 0.15) is 95.7 Å². The van der Waals surface area contributed by atoms with Gasteiger partial charge in [0.15, 0.2) is 11.6 Å². The van der Waals surface area contributed by atoms with E-state index < -0.39 is 11.6 Å². The summed E-state index contributed by atoms with van der Waals surface area (Å²) < 4.78 is 29.5. The Morgan fingerprint density at radius 2 is 1.45 bits per heavy atom. The van der Waals surface area contributed by atoms with Crippen LogP contribution < -0.4 is 0 Å². The normalized spacial score (nSPS) is 19.0. The van der Waals surface area contributed by atoms with Gasteiger partial charge >= 0.3 is 0 Å². The predicted octanol–water partition coefficient (Wildman–Crippen LogP) is 8.08. The topological polar surface area (TPSA) is 25.8 Å². The lowest BCUT2D eigenvalue weighted by molar-refractivity contribution is 0.248. The quantitative estimate of drug-likeness (QED) is 0.338. The lowest BCUT2D eigenvalue weighted by Gasteiger charge is -2.28. The Bertz CT molecular complexity index is 796. The van der Waals surface area contributed by atoms with E-state index in [1.165, 1.54) is 51.4 Å². The van der Waals surface area contributed by atoms with Gasteiger partial charge < -0.3 is 0 Å². The van der Waals surface area contributed by atoms with Crippen LogP contribution in [-0.2, 0) is 12.8 Å². The molecule has 1 aromatic carbocycles. The second kappa shape index (κ2) is 12.3. The fraction of sp³-hybridized carbons (Fsp3) is 0.630. The van der Waals surface area contributed by atoms with Gasteiger partial charge in [-0.25, -0.2) is 8.78 Å². The molecule has 0 N–H and O–H groups in total. The highest BCUT2D eigenvalue weighted by molar-refractivity contribution is 5.60. The van der Waals surface area contributed by atoms with Gasteiger partial charge in [-0.05, 0) is 61.3 Å². The predicted molar refractivity (Wildman–Crippen MR) is 124 cm³/mol. The minimum Gasteiger partial charge on any atom is -0.203 e. The Balaban J connectivity index is 1.54. The fourth-order valence-corrected chi connectivity index (χ4v) is 4.83. The minimum atomic E-state index is -0.798. The van der Waals surface area contributed by atoms with E-state index >= 15 is 0 Å². The Morgan fingerprint density at radius 1 is 0.742 bits per heavy atom. The average Bonchev–Trinajstić information content (AvgIpc) is 2.80. The third-order valence-corrected chi connectivity index (χ3v) is 6.95. The van der Waals surface area contributed by atoms with Crippen LogP contribution >= 0.6 is 0 Å². The van der Waals surface area contributed by atoms with Gasteiger partial charge in [0.25, 0.3) is 0 Å². The first kappa shape index (κ1) is 23.8. The van der Waals surface area contributed by atoms with Crippen molar-refractivity contribution in [3.05, 3.63) is 47.2 Å². The molecule has 0 aliphatic heterocycles.